The van der Waals surface area contributed by atoms with Gasteiger partial charge in [-0.3, -0.25) is 0 Å². The van der Waals surface area contributed by atoms with Crippen LogP contribution in [-0.2, 0) is 9.53 Å². The van der Waals surface area contributed by atoms with Gasteiger partial charge in [-0.1, -0.05) is 35.4 Å². The van der Waals surface area contributed by atoms with Crippen molar-refractivity contribution >= 4 is 5.97 Å². The van der Waals surface area contributed by atoms with E-state index in [1.807, 2.05) is 0 Å². The normalized spacial score (nSPS) is 11.9. The van der Waals surface area contributed by atoms with Gasteiger partial charge in [-0.2, -0.15) is 4.68 Å². The lowest BCUT2D eigenvalue weighted by Gasteiger charge is -2.14. The molecule has 1 atom stereocenters. The summed E-state index contributed by atoms with van der Waals surface area (Å²) >= 11 is 0. The van der Waals surface area contributed by atoms with Crippen LogP contribution in [0.3, 0.4) is 0 Å². The van der Waals surface area contributed by atoms with Crippen molar-refractivity contribution in [3.63, 3.8) is 0 Å². The number of benzene rings is 1. The maximum atomic E-state index is 12.1. The van der Waals surface area contributed by atoms with E-state index in [4.69, 9.17) is 13.9 Å². The third-order valence-corrected chi connectivity index (χ3v) is 2.60. The lowest BCUT2D eigenvalue weighted by atomic mass is 10.1. The molecule has 0 saturated carbocycles. The quantitative estimate of drug-likeness (QED) is 0.759. The first-order valence-corrected chi connectivity index (χ1v) is 6.02. The number of methoxy groups -OCH3 is 1. The van der Waals surface area contributed by atoms with E-state index in [1.54, 1.807) is 37.3 Å². The molecule has 0 N–H and O–H groups in total. The van der Waals surface area contributed by atoms with Crippen molar-refractivity contribution in [1.29, 1.82) is 0 Å². The summed E-state index contributed by atoms with van der Waals surface area (Å²) in [5.41, 5.74) is 0.573. The molecule has 1 unspecified atom stereocenters. The third kappa shape index (κ3) is 2.71. The molecule has 0 spiro atoms. The van der Waals surface area contributed by atoms with Crippen molar-refractivity contribution in [1.82, 2.24) is 9.78 Å². The molecule has 1 heterocycles. The number of nitrogens with zero attached hydrogens (tertiary/aromatic N) is 2. The summed E-state index contributed by atoms with van der Waals surface area (Å²) in [6.45, 7) is 1.89. The first-order valence-electron chi connectivity index (χ1n) is 6.02. The summed E-state index contributed by atoms with van der Waals surface area (Å²) in [7, 11) is 1.32. The minimum Gasteiger partial charge on any atom is -0.464 e. The average molecular weight is 278 g/mol. The van der Waals surface area contributed by atoms with Crippen LogP contribution in [-0.4, -0.2) is 29.5 Å². The number of hydrogen-bond donors (Lipinski definition) is 0. The summed E-state index contributed by atoms with van der Waals surface area (Å²) in [4.78, 5) is 23.9. The van der Waals surface area contributed by atoms with Crippen molar-refractivity contribution < 1.29 is 18.7 Å². The van der Waals surface area contributed by atoms with E-state index < -0.39 is 17.8 Å². The van der Waals surface area contributed by atoms with E-state index in [9.17, 15) is 9.59 Å². The lowest BCUT2D eigenvalue weighted by Crippen LogP contribution is -2.30. The minimum absolute atomic E-state index is 0.200. The summed E-state index contributed by atoms with van der Waals surface area (Å²) in [5, 5.41) is 3.82. The van der Waals surface area contributed by atoms with Gasteiger partial charge in [0.15, 0.2) is 6.04 Å². The fraction of sp³-hybridized carbons (Fsp3) is 0.308. The standard InChI is InChI=1S/C13H14N2O5/c1-3-19-11(16)10(9-7-5-4-6-8-9)15-13(17)20-12(14-15)18-2/h4-8,10H,3H2,1-2H3. The van der Waals surface area contributed by atoms with Gasteiger partial charge in [-0.25, -0.2) is 9.59 Å². The van der Waals surface area contributed by atoms with Gasteiger partial charge in [0, 0.05) is 0 Å². The predicted molar refractivity (Wildman–Crippen MR) is 68.5 cm³/mol. The second-order valence-corrected chi connectivity index (χ2v) is 3.85. The Hall–Kier alpha value is -2.57. The maximum Gasteiger partial charge on any atom is 0.440 e. The van der Waals surface area contributed by atoms with Crippen molar-refractivity contribution in [2.75, 3.05) is 13.7 Å². The molecule has 0 bridgehead atoms. The molecule has 0 aliphatic heterocycles. The largest absolute Gasteiger partial charge is 0.464 e. The molecule has 0 aliphatic rings. The molecular formula is C13H14N2O5. The van der Waals surface area contributed by atoms with Gasteiger partial charge in [0.2, 0.25) is 0 Å². The highest BCUT2D eigenvalue weighted by molar-refractivity contribution is 5.77. The number of esters is 1. The molecule has 106 valence electrons. The Balaban J connectivity index is 2.48. The second kappa shape index (κ2) is 6.05. The zero-order valence-corrected chi connectivity index (χ0v) is 11.1. The van der Waals surface area contributed by atoms with Crippen LogP contribution < -0.4 is 10.5 Å². The number of aromatic nitrogens is 2. The van der Waals surface area contributed by atoms with E-state index in [0.29, 0.717) is 5.56 Å². The Labute approximate surface area is 114 Å². The van der Waals surface area contributed by atoms with Crippen molar-refractivity contribution in [3.05, 3.63) is 46.4 Å². The van der Waals surface area contributed by atoms with Gasteiger partial charge in [0.25, 0.3) is 0 Å². The number of rotatable bonds is 5. The molecule has 0 fully saturated rings. The molecular weight excluding hydrogens is 264 g/mol. The van der Waals surface area contributed by atoms with Crippen LogP contribution in [0.15, 0.2) is 39.5 Å². The Morgan fingerprint density at radius 3 is 2.65 bits per heavy atom. The van der Waals surface area contributed by atoms with Gasteiger partial charge in [0.05, 0.1) is 13.7 Å². The molecule has 2 rings (SSSR count). The SMILES string of the molecule is CCOC(=O)C(c1ccccc1)n1nc(OC)oc1=O. The van der Waals surface area contributed by atoms with Gasteiger partial charge in [-0.15, -0.1) is 0 Å². The third-order valence-electron chi connectivity index (χ3n) is 2.60. The zero-order valence-electron chi connectivity index (χ0n) is 11.1. The van der Waals surface area contributed by atoms with Crippen molar-refractivity contribution in [3.8, 4) is 6.08 Å². The lowest BCUT2D eigenvalue weighted by molar-refractivity contribution is -0.146. The maximum absolute atomic E-state index is 12.1. The summed E-state index contributed by atoms with van der Waals surface area (Å²) in [5.74, 6) is -1.37. The highest BCUT2D eigenvalue weighted by Crippen LogP contribution is 2.19. The number of hydrogen-bond acceptors (Lipinski definition) is 6. The molecule has 0 amide bonds. The Bertz CT molecular complexity index is 632. The second-order valence-electron chi connectivity index (χ2n) is 3.85. The van der Waals surface area contributed by atoms with Crippen molar-refractivity contribution in [2.24, 2.45) is 0 Å². The minimum atomic E-state index is -1.00. The Morgan fingerprint density at radius 1 is 1.40 bits per heavy atom. The van der Waals surface area contributed by atoms with E-state index in [2.05, 4.69) is 5.10 Å². The van der Waals surface area contributed by atoms with E-state index in [0.717, 1.165) is 4.68 Å². The highest BCUT2D eigenvalue weighted by Gasteiger charge is 2.28. The molecule has 0 saturated heterocycles. The first-order chi connectivity index (χ1) is 9.67. The van der Waals surface area contributed by atoms with E-state index >= 15 is 0 Å². The van der Waals surface area contributed by atoms with Gasteiger partial charge >= 0.3 is 17.8 Å². The number of ether oxygens (including phenoxy) is 2. The van der Waals surface area contributed by atoms with Gasteiger partial charge in [-0.05, 0) is 12.5 Å². The summed E-state index contributed by atoms with van der Waals surface area (Å²) in [6.07, 6.45) is -0.208. The van der Waals surface area contributed by atoms with Crippen molar-refractivity contribution in [2.45, 2.75) is 13.0 Å². The van der Waals surface area contributed by atoms with E-state index in [-0.39, 0.29) is 12.7 Å². The number of carbonyl (C=O) groups excluding carboxylic acids is 1. The molecule has 1 aromatic carbocycles. The predicted octanol–water partition coefficient (Wildman–Crippen LogP) is 0.997. The van der Waals surface area contributed by atoms with Crippen LogP contribution in [0.4, 0.5) is 0 Å². The van der Waals surface area contributed by atoms with Gasteiger partial charge < -0.3 is 13.9 Å². The fourth-order valence-corrected chi connectivity index (χ4v) is 1.75. The number of carbonyl (C=O) groups is 1. The van der Waals surface area contributed by atoms with Gasteiger partial charge in [0.1, 0.15) is 0 Å². The monoisotopic (exact) mass is 278 g/mol. The van der Waals surface area contributed by atoms with Crippen LogP contribution in [0.25, 0.3) is 0 Å². The topological polar surface area (TPSA) is 83.6 Å². The molecule has 1 aromatic heterocycles. The Morgan fingerprint density at radius 2 is 2.10 bits per heavy atom. The van der Waals surface area contributed by atoms with E-state index in [1.165, 1.54) is 7.11 Å². The summed E-state index contributed by atoms with van der Waals surface area (Å²) in [6, 6.07) is 7.71. The average Bonchev–Trinajstić information content (AvgIpc) is 2.82. The molecule has 7 nitrogen and oxygen atoms in total. The van der Waals surface area contributed by atoms with Crippen LogP contribution in [0, 0.1) is 0 Å². The Kier molecular flexibility index (Phi) is 4.19. The molecule has 7 heteroatoms. The fourth-order valence-electron chi connectivity index (χ4n) is 1.75. The van der Waals surface area contributed by atoms with Crippen LogP contribution in [0.5, 0.6) is 6.08 Å². The zero-order chi connectivity index (χ0) is 14.5. The smallest absolute Gasteiger partial charge is 0.440 e. The molecule has 0 aliphatic carbocycles. The molecule has 20 heavy (non-hydrogen) atoms. The van der Waals surface area contributed by atoms with Crippen LogP contribution in [0.1, 0.15) is 18.5 Å². The highest BCUT2D eigenvalue weighted by atomic mass is 16.6. The van der Waals surface area contributed by atoms with Crippen LogP contribution in [0.2, 0.25) is 0 Å². The molecule has 0 radical (unpaired) electrons. The molecule has 2 aromatic rings. The first kappa shape index (κ1) is 13.9. The van der Waals surface area contributed by atoms with Crippen LogP contribution >= 0.6 is 0 Å². The summed E-state index contributed by atoms with van der Waals surface area (Å²) < 4.78 is 15.4.